The summed E-state index contributed by atoms with van der Waals surface area (Å²) in [6.45, 7) is 8.76. The highest BCUT2D eigenvalue weighted by Gasteiger charge is 2.11. The van der Waals surface area contributed by atoms with E-state index in [1.807, 2.05) is 108 Å². The summed E-state index contributed by atoms with van der Waals surface area (Å²) in [5.74, 6) is 0.922. The molecule has 2 aromatic heterocycles. The van der Waals surface area contributed by atoms with Gasteiger partial charge in [0.05, 0.1) is 7.11 Å². The number of urea groups is 1. The van der Waals surface area contributed by atoms with E-state index in [1.54, 1.807) is 26.1 Å². The fourth-order valence-corrected chi connectivity index (χ4v) is 3.87. The van der Waals surface area contributed by atoms with Gasteiger partial charge in [0.1, 0.15) is 11.4 Å². The van der Waals surface area contributed by atoms with E-state index in [2.05, 4.69) is 27.4 Å². The van der Waals surface area contributed by atoms with E-state index in [9.17, 15) is 9.59 Å². The molecule has 0 bridgehead atoms. The highest BCUT2D eigenvalue weighted by atomic mass is 16.5. The largest absolute Gasteiger partial charge is 0.496 e. The second-order valence-electron chi connectivity index (χ2n) is 9.55. The van der Waals surface area contributed by atoms with Crippen molar-refractivity contribution in [2.75, 3.05) is 41.8 Å². The maximum Gasteiger partial charge on any atom is 0.312 e. The number of carbonyl (C=O) groups excluding carboxylic acids is 2. The van der Waals surface area contributed by atoms with Crippen molar-refractivity contribution in [1.29, 1.82) is 0 Å². The third kappa shape index (κ3) is 11.7. The summed E-state index contributed by atoms with van der Waals surface area (Å²) < 4.78 is 5.41. The first-order chi connectivity index (χ1) is 19.5. The quantitative estimate of drug-likeness (QED) is 0.284. The number of nitrogens with two attached hydrogens (primary N) is 1. The molecule has 0 aliphatic carbocycles. The van der Waals surface area contributed by atoms with Crippen molar-refractivity contribution in [3.8, 4) is 16.9 Å². The molecule has 0 aliphatic rings. The number of ether oxygens (including phenoxy) is 1. The predicted octanol–water partition coefficient (Wildman–Crippen LogP) is 5.57. The van der Waals surface area contributed by atoms with Crippen LogP contribution in [0.15, 0.2) is 73.1 Å². The fourth-order valence-electron chi connectivity index (χ4n) is 3.87. The van der Waals surface area contributed by atoms with Gasteiger partial charge in [0, 0.05) is 61.2 Å². The van der Waals surface area contributed by atoms with Crippen molar-refractivity contribution >= 4 is 23.0 Å². The van der Waals surface area contributed by atoms with Crippen LogP contribution < -0.4 is 15.8 Å². The SMILES string of the molecule is CC.CC(CN(C)C)NC(N)=O.CN(C)C(=O)c1ccccc1.COc1ccccc1-c1c[nH]c2ncc(C)cc12. The topological polar surface area (TPSA) is 117 Å². The van der Waals surface area contributed by atoms with Gasteiger partial charge in [-0.3, -0.25) is 4.79 Å². The molecule has 1 atom stereocenters. The number of para-hydroxylation sites is 1. The number of aryl methyl sites for hydroxylation is 1. The second kappa shape index (κ2) is 18.1. The molecule has 41 heavy (non-hydrogen) atoms. The van der Waals surface area contributed by atoms with Crippen LogP contribution in [-0.4, -0.2) is 79.6 Å². The zero-order chi connectivity index (χ0) is 30.9. The first kappa shape index (κ1) is 34.7. The van der Waals surface area contributed by atoms with Crippen molar-refractivity contribution in [3.05, 3.63) is 84.2 Å². The van der Waals surface area contributed by atoms with Crippen LogP contribution in [0.4, 0.5) is 4.79 Å². The number of pyridine rings is 1. The molecule has 0 saturated carbocycles. The molecule has 9 heteroatoms. The summed E-state index contributed by atoms with van der Waals surface area (Å²) in [4.78, 5) is 32.7. The minimum absolute atomic E-state index is 0.0469. The molecule has 3 amide bonds. The molecule has 222 valence electrons. The van der Waals surface area contributed by atoms with Gasteiger partial charge in [-0.25, -0.2) is 9.78 Å². The Kier molecular flexibility index (Phi) is 15.3. The zero-order valence-electron chi connectivity index (χ0n) is 25.9. The lowest BCUT2D eigenvalue weighted by molar-refractivity contribution is 0.0827. The number of hydrogen-bond acceptors (Lipinski definition) is 5. The molecular formula is C32H46N6O3. The second-order valence-corrected chi connectivity index (χ2v) is 9.55. The Balaban J connectivity index is 0.000000318. The van der Waals surface area contributed by atoms with E-state index >= 15 is 0 Å². The third-order valence-electron chi connectivity index (χ3n) is 5.52. The summed E-state index contributed by atoms with van der Waals surface area (Å²) in [5, 5.41) is 3.70. The number of carbonyl (C=O) groups is 2. The Morgan fingerprint density at radius 2 is 1.61 bits per heavy atom. The number of likely N-dealkylation sites (N-methyl/N-ethyl adjacent to an activating group) is 1. The number of rotatable bonds is 6. The number of aromatic amines is 1. The Labute approximate surface area is 244 Å². The van der Waals surface area contributed by atoms with Crippen LogP contribution in [0.25, 0.3) is 22.2 Å². The van der Waals surface area contributed by atoms with Gasteiger partial charge in [-0.1, -0.05) is 50.2 Å². The average Bonchev–Trinajstić information content (AvgIpc) is 3.36. The first-order valence-electron chi connectivity index (χ1n) is 13.6. The van der Waals surface area contributed by atoms with Gasteiger partial charge >= 0.3 is 6.03 Å². The summed E-state index contributed by atoms with van der Waals surface area (Å²) in [7, 11) is 9.07. The molecule has 4 aromatic rings. The minimum atomic E-state index is -0.464. The molecule has 2 heterocycles. The molecule has 0 aliphatic heterocycles. The molecule has 9 nitrogen and oxygen atoms in total. The summed E-state index contributed by atoms with van der Waals surface area (Å²) in [5.41, 5.74) is 9.90. The Morgan fingerprint density at radius 1 is 1.00 bits per heavy atom. The van der Waals surface area contributed by atoms with E-state index in [0.717, 1.165) is 45.6 Å². The highest BCUT2D eigenvalue weighted by Crippen LogP contribution is 2.34. The van der Waals surface area contributed by atoms with Gasteiger partial charge in [-0.05, 0) is 57.8 Å². The smallest absolute Gasteiger partial charge is 0.312 e. The van der Waals surface area contributed by atoms with Crippen molar-refractivity contribution < 1.29 is 14.3 Å². The van der Waals surface area contributed by atoms with E-state index < -0.39 is 6.03 Å². The van der Waals surface area contributed by atoms with Gasteiger partial charge in [0.2, 0.25) is 0 Å². The number of benzene rings is 2. The van der Waals surface area contributed by atoms with Crippen LogP contribution in [0.2, 0.25) is 0 Å². The number of nitrogens with one attached hydrogen (secondary N) is 2. The monoisotopic (exact) mass is 562 g/mol. The van der Waals surface area contributed by atoms with Crippen molar-refractivity contribution in [2.45, 2.75) is 33.7 Å². The Hall–Kier alpha value is -4.37. The Morgan fingerprint density at radius 3 is 2.17 bits per heavy atom. The third-order valence-corrected chi connectivity index (χ3v) is 5.52. The summed E-state index contributed by atoms with van der Waals surface area (Å²) in [6.07, 6.45) is 3.85. The van der Waals surface area contributed by atoms with Gasteiger partial charge in [0.25, 0.3) is 5.91 Å². The van der Waals surface area contributed by atoms with Crippen LogP contribution >= 0.6 is 0 Å². The number of aromatic nitrogens is 2. The summed E-state index contributed by atoms with van der Waals surface area (Å²) in [6, 6.07) is 19.0. The van der Waals surface area contributed by atoms with Gasteiger partial charge < -0.3 is 30.6 Å². The lowest BCUT2D eigenvalue weighted by Crippen LogP contribution is -2.42. The maximum atomic E-state index is 11.3. The van der Waals surface area contributed by atoms with Gasteiger partial charge in [-0.2, -0.15) is 0 Å². The molecule has 2 aromatic carbocycles. The standard InChI is InChI=1S/C15H14N2O.C9H11NO.C6H15N3O.C2H6/c1-10-7-12-13(9-17-15(12)16-8-10)11-5-3-4-6-14(11)18-2;1-10(2)9(11)8-6-4-3-5-7-8;1-5(4-9(2)3)8-6(7)10;1-2/h3-9H,1-2H3,(H,16,17);3-7H,1-2H3;5H,4H2,1-3H3,(H3,7,8,10);1-2H3. The number of primary amides is 1. The van der Waals surface area contributed by atoms with E-state index in [4.69, 9.17) is 10.5 Å². The number of nitrogens with zero attached hydrogens (tertiary/aromatic N) is 3. The van der Waals surface area contributed by atoms with E-state index in [-0.39, 0.29) is 11.9 Å². The fraction of sp³-hybridized carbons (Fsp3) is 0.344. The van der Waals surface area contributed by atoms with Crippen molar-refractivity contribution in [1.82, 2.24) is 25.1 Å². The number of H-pyrrole nitrogens is 1. The normalized spacial score (nSPS) is 10.6. The molecule has 1 unspecified atom stereocenters. The molecule has 0 radical (unpaired) electrons. The van der Waals surface area contributed by atoms with Crippen LogP contribution in [0.1, 0.15) is 36.7 Å². The molecule has 4 rings (SSSR count). The zero-order valence-corrected chi connectivity index (χ0v) is 25.9. The molecule has 0 saturated heterocycles. The lowest BCUT2D eigenvalue weighted by atomic mass is 10.0. The number of methoxy groups -OCH3 is 1. The van der Waals surface area contributed by atoms with Crippen LogP contribution in [0, 0.1) is 6.92 Å². The van der Waals surface area contributed by atoms with Crippen LogP contribution in [-0.2, 0) is 0 Å². The van der Waals surface area contributed by atoms with E-state index in [1.165, 1.54) is 0 Å². The lowest BCUT2D eigenvalue weighted by Gasteiger charge is -2.16. The Bertz CT molecular complexity index is 1340. The molecule has 0 fully saturated rings. The number of fused-ring (bicyclic) bond motifs is 1. The van der Waals surface area contributed by atoms with Crippen molar-refractivity contribution in [2.24, 2.45) is 5.73 Å². The van der Waals surface area contributed by atoms with Crippen LogP contribution in [0.3, 0.4) is 0 Å². The maximum absolute atomic E-state index is 11.3. The van der Waals surface area contributed by atoms with Gasteiger partial charge in [-0.15, -0.1) is 0 Å². The molecule has 0 spiro atoms. The molecular weight excluding hydrogens is 516 g/mol. The first-order valence-corrected chi connectivity index (χ1v) is 13.6. The summed E-state index contributed by atoms with van der Waals surface area (Å²) >= 11 is 0. The average molecular weight is 563 g/mol. The van der Waals surface area contributed by atoms with Crippen LogP contribution in [0.5, 0.6) is 5.75 Å². The van der Waals surface area contributed by atoms with Crippen molar-refractivity contribution in [3.63, 3.8) is 0 Å². The highest BCUT2D eigenvalue weighted by molar-refractivity contribution is 5.95. The molecule has 4 N–H and O–H groups in total. The predicted molar refractivity (Wildman–Crippen MR) is 169 cm³/mol. The van der Waals surface area contributed by atoms with E-state index in [0.29, 0.717) is 0 Å². The number of amides is 3. The minimum Gasteiger partial charge on any atom is -0.496 e. The van der Waals surface area contributed by atoms with Gasteiger partial charge in [0.15, 0.2) is 0 Å². The number of hydrogen-bond donors (Lipinski definition) is 3.